The van der Waals surface area contributed by atoms with Gasteiger partial charge in [0.2, 0.25) is 0 Å². The first kappa shape index (κ1) is 27.8. The molecule has 0 bridgehead atoms. The summed E-state index contributed by atoms with van der Waals surface area (Å²) in [4.78, 5) is 31.3. The van der Waals surface area contributed by atoms with E-state index in [9.17, 15) is 9.59 Å². The van der Waals surface area contributed by atoms with Crippen LogP contribution in [0.3, 0.4) is 0 Å². The lowest BCUT2D eigenvalue weighted by Gasteiger charge is -2.32. The van der Waals surface area contributed by atoms with Gasteiger partial charge in [0.15, 0.2) is 0 Å². The van der Waals surface area contributed by atoms with Crippen LogP contribution in [0.25, 0.3) is 32.9 Å². The molecule has 7 nitrogen and oxygen atoms in total. The molecule has 5 rings (SSSR count). The van der Waals surface area contributed by atoms with Crippen molar-refractivity contribution < 1.29 is 14.3 Å². The summed E-state index contributed by atoms with van der Waals surface area (Å²) in [7, 11) is 3.95. The van der Waals surface area contributed by atoms with Gasteiger partial charge >= 0.3 is 0 Å². The number of methoxy groups -OCH3 is 1. The molecule has 3 aromatic carbocycles. The maximum atomic E-state index is 12.0. The molecule has 200 valence electrons. The van der Waals surface area contributed by atoms with Crippen LogP contribution in [-0.2, 0) is 4.74 Å². The molecule has 38 heavy (non-hydrogen) atoms. The number of aromatic amines is 1. The minimum absolute atomic E-state index is 0.411. The third kappa shape index (κ3) is 6.42. The van der Waals surface area contributed by atoms with Crippen molar-refractivity contribution in [3.05, 3.63) is 70.2 Å². The predicted octanol–water partition coefficient (Wildman–Crippen LogP) is 5.13. The molecule has 0 atom stereocenters. The average Bonchev–Trinajstić information content (AvgIpc) is 3.29. The van der Waals surface area contributed by atoms with E-state index in [-0.39, 0.29) is 0 Å². The van der Waals surface area contributed by atoms with Crippen molar-refractivity contribution in [1.29, 1.82) is 0 Å². The molecule has 1 aromatic heterocycles. The molecule has 2 heterocycles. The second-order valence-electron chi connectivity index (χ2n) is 9.81. The highest BCUT2D eigenvalue weighted by atomic mass is 35.5. The molecule has 1 fully saturated rings. The van der Waals surface area contributed by atoms with Gasteiger partial charge < -0.3 is 25.3 Å². The summed E-state index contributed by atoms with van der Waals surface area (Å²) in [5, 5.41) is 2.41. The lowest BCUT2D eigenvalue weighted by Crippen LogP contribution is -2.44. The number of hydrogen-bond acceptors (Lipinski definition) is 5. The summed E-state index contributed by atoms with van der Waals surface area (Å²) >= 11 is 6.13. The number of carbonyl (C=O) groups excluding carboxylic acids is 2. The van der Waals surface area contributed by atoms with Crippen molar-refractivity contribution in [1.82, 2.24) is 14.8 Å². The summed E-state index contributed by atoms with van der Waals surface area (Å²) in [6.45, 7) is 8.90. The van der Waals surface area contributed by atoms with Gasteiger partial charge in [-0.2, -0.15) is 0 Å². The maximum absolute atomic E-state index is 12.0. The standard InChI is InChI=1S/C21H15ClN2O2.C9H20N2O/c1-11-6-13(3-4-18(11)22)14-8-16-15-7-12(10-25)2-5-19(15)24-20(16)17(9-14)21(23)26;1-10-5-7-11(8-6-10)4-3-9-12-2/h2-10,24H,1H3,(H2,23,26);3-9H2,1-2H3. The maximum Gasteiger partial charge on any atom is 0.250 e. The fourth-order valence-corrected chi connectivity index (χ4v) is 4.90. The van der Waals surface area contributed by atoms with Crippen LogP contribution < -0.4 is 5.73 Å². The molecule has 3 N–H and O–H groups in total. The highest BCUT2D eigenvalue weighted by Crippen LogP contribution is 2.34. The number of amides is 1. The first-order chi connectivity index (χ1) is 18.3. The number of rotatable bonds is 7. The number of fused-ring (bicyclic) bond motifs is 3. The molecule has 4 aromatic rings. The monoisotopic (exact) mass is 534 g/mol. The minimum Gasteiger partial charge on any atom is -0.385 e. The Balaban J connectivity index is 0.000000236. The Morgan fingerprint density at radius 1 is 1.05 bits per heavy atom. The molecule has 0 radical (unpaired) electrons. The van der Waals surface area contributed by atoms with Crippen LogP contribution in [0.15, 0.2) is 48.5 Å². The van der Waals surface area contributed by atoms with Crippen molar-refractivity contribution >= 4 is 45.6 Å². The number of nitrogens with zero attached hydrogens (tertiary/aromatic N) is 2. The molecular formula is C30H35ClN4O3. The minimum atomic E-state index is -0.510. The number of H-pyrrole nitrogens is 1. The number of halogens is 1. The number of benzene rings is 3. The number of aryl methyl sites for hydroxylation is 1. The van der Waals surface area contributed by atoms with E-state index in [1.165, 1.54) is 39.1 Å². The zero-order valence-electron chi connectivity index (χ0n) is 22.2. The Kier molecular flexibility index (Phi) is 9.17. The SMILES string of the molecule is COCCCN1CCN(C)CC1.Cc1cc(-c2cc(C(N)=O)c3[nH]c4ccc(C=O)cc4c3c2)ccc1Cl. The fraction of sp³-hybridized carbons (Fsp3) is 0.333. The largest absolute Gasteiger partial charge is 0.385 e. The van der Waals surface area contributed by atoms with E-state index in [1.54, 1.807) is 19.2 Å². The van der Waals surface area contributed by atoms with Gasteiger partial charge in [-0.15, -0.1) is 0 Å². The fourth-order valence-electron chi connectivity index (χ4n) is 4.78. The zero-order valence-corrected chi connectivity index (χ0v) is 23.0. The molecule has 1 amide bonds. The van der Waals surface area contributed by atoms with E-state index < -0.39 is 5.91 Å². The molecule has 1 aliphatic heterocycles. The number of ether oxygens (including phenoxy) is 1. The Hall–Kier alpha value is -3.23. The number of nitrogens with two attached hydrogens (primary N) is 1. The number of aldehydes is 1. The van der Waals surface area contributed by atoms with Gasteiger partial charge in [-0.05, 0) is 79.5 Å². The van der Waals surface area contributed by atoms with Gasteiger partial charge in [0.05, 0.1) is 11.1 Å². The Bertz CT molecular complexity index is 1440. The smallest absolute Gasteiger partial charge is 0.250 e. The molecule has 8 heteroatoms. The Morgan fingerprint density at radius 3 is 2.47 bits per heavy atom. The number of nitrogens with one attached hydrogen (secondary N) is 1. The molecular weight excluding hydrogens is 500 g/mol. The first-order valence-corrected chi connectivity index (χ1v) is 13.2. The summed E-state index contributed by atoms with van der Waals surface area (Å²) in [5.41, 5.74) is 10.9. The van der Waals surface area contributed by atoms with Gasteiger partial charge in [-0.3, -0.25) is 9.59 Å². The molecule has 1 aliphatic rings. The van der Waals surface area contributed by atoms with Crippen LogP contribution in [-0.4, -0.2) is 80.5 Å². The molecule has 0 spiro atoms. The lowest BCUT2D eigenvalue weighted by molar-refractivity contribution is 0.100. The number of aromatic nitrogens is 1. The second-order valence-corrected chi connectivity index (χ2v) is 10.2. The van der Waals surface area contributed by atoms with Gasteiger partial charge in [0, 0.05) is 73.3 Å². The Morgan fingerprint density at radius 2 is 1.82 bits per heavy atom. The second kappa shape index (κ2) is 12.5. The van der Waals surface area contributed by atoms with E-state index in [4.69, 9.17) is 22.1 Å². The zero-order chi connectivity index (χ0) is 27.2. The average molecular weight is 535 g/mol. The molecule has 1 saturated heterocycles. The van der Waals surface area contributed by atoms with Crippen LogP contribution >= 0.6 is 11.6 Å². The third-order valence-electron chi connectivity index (χ3n) is 7.04. The van der Waals surface area contributed by atoms with Crippen molar-refractivity contribution in [2.45, 2.75) is 13.3 Å². The van der Waals surface area contributed by atoms with E-state index in [0.717, 1.165) is 45.9 Å². The van der Waals surface area contributed by atoms with Gasteiger partial charge in [0.25, 0.3) is 5.91 Å². The highest BCUT2D eigenvalue weighted by Gasteiger charge is 2.16. The number of likely N-dealkylation sites (N-methyl/N-ethyl adjacent to an activating group) is 1. The number of piperazine rings is 1. The summed E-state index contributed by atoms with van der Waals surface area (Å²) in [6, 6.07) is 14.9. The van der Waals surface area contributed by atoms with E-state index in [2.05, 4.69) is 21.8 Å². The normalized spacial score (nSPS) is 14.4. The molecule has 0 aliphatic carbocycles. The number of carbonyl (C=O) groups is 2. The van der Waals surface area contributed by atoms with Crippen molar-refractivity contribution in [2.24, 2.45) is 5.73 Å². The van der Waals surface area contributed by atoms with Crippen LogP contribution in [0.2, 0.25) is 5.02 Å². The van der Waals surface area contributed by atoms with Crippen LogP contribution in [0, 0.1) is 6.92 Å². The van der Waals surface area contributed by atoms with Crippen molar-refractivity contribution in [3.63, 3.8) is 0 Å². The topological polar surface area (TPSA) is 91.7 Å². The number of hydrogen-bond donors (Lipinski definition) is 2. The summed E-state index contributed by atoms with van der Waals surface area (Å²) in [6.07, 6.45) is 1.97. The highest BCUT2D eigenvalue weighted by molar-refractivity contribution is 6.31. The van der Waals surface area contributed by atoms with E-state index in [1.807, 2.05) is 43.3 Å². The third-order valence-corrected chi connectivity index (χ3v) is 7.47. The quantitative estimate of drug-likeness (QED) is 0.253. The van der Waals surface area contributed by atoms with E-state index in [0.29, 0.717) is 21.7 Å². The van der Waals surface area contributed by atoms with Crippen LogP contribution in [0.5, 0.6) is 0 Å². The van der Waals surface area contributed by atoms with Gasteiger partial charge in [0.1, 0.15) is 6.29 Å². The van der Waals surface area contributed by atoms with E-state index >= 15 is 0 Å². The molecule has 0 saturated carbocycles. The van der Waals surface area contributed by atoms with Crippen molar-refractivity contribution in [3.8, 4) is 11.1 Å². The predicted molar refractivity (Wildman–Crippen MR) is 155 cm³/mol. The summed E-state index contributed by atoms with van der Waals surface area (Å²) < 4.78 is 5.02. The summed E-state index contributed by atoms with van der Waals surface area (Å²) in [5.74, 6) is -0.510. The van der Waals surface area contributed by atoms with Crippen LogP contribution in [0.4, 0.5) is 0 Å². The Labute approximate surface area is 228 Å². The van der Waals surface area contributed by atoms with Crippen LogP contribution in [0.1, 0.15) is 32.7 Å². The van der Waals surface area contributed by atoms with Crippen molar-refractivity contribution in [2.75, 3.05) is 53.5 Å². The first-order valence-electron chi connectivity index (χ1n) is 12.8. The molecule has 0 unspecified atom stereocenters. The number of primary amides is 1. The van der Waals surface area contributed by atoms with Gasteiger partial charge in [-0.1, -0.05) is 17.7 Å². The van der Waals surface area contributed by atoms with Gasteiger partial charge in [-0.25, -0.2) is 0 Å². The lowest BCUT2D eigenvalue weighted by atomic mass is 9.97.